The molecule has 0 fully saturated rings. The Morgan fingerprint density at radius 1 is 0.606 bits per heavy atom. The molecule has 1 heterocycles. The van der Waals surface area contributed by atoms with Gasteiger partial charge >= 0.3 is 0 Å². The Labute approximate surface area is 205 Å². The van der Waals surface area contributed by atoms with E-state index in [4.69, 9.17) is 0 Å². The van der Waals surface area contributed by atoms with Gasteiger partial charge in [-0.15, -0.1) is 0 Å². The number of carbonyl (C=O) groups excluding carboxylic acids is 3. The fourth-order valence-electron chi connectivity index (χ4n) is 2.20. The zero-order valence-corrected chi connectivity index (χ0v) is 21.3. The van der Waals surface area contributed by atoms with Crippen LogP contribution in [0.15, 0.2) is 15.5 Å². The summed E-state index contributed by atoms with van der Waals surface area (Å²) >= 11 is 4.32. The Morgan fingerprint density at radius 3 is 1.12 bits per heavy atom. The number of thioether (sulfide) groups is 3. The van der Waals surface area contributed by atoms with Gasteiger partial charge in [-0.2, -0.15) is 15.0 Å². The van der Waals surface area contributed by atoms with Crippen LogP contribution >= 0.6 is 35.3 Å². The maximum Gasteiger partial charge on any atom is 0.243 e. The van der Waals surface area contributed by atoms with Crippen molar-refractivity contribution < 1.29 is 28.9 Å². The molecule has 0 aliphatic carbocycles. The molecule has 3 N–H and O–H groups in total. The number of carbonyl (C=O) groups is 3. The molecule has 186 valence electrons. The number of hydrogen-bond acceptors (Lipinski definition) is 12. The summed E-state index contributed by atoms with van der Waals surface area (Å²) in [6.45, 7) is 0. The van der Waals surface area contributed by atoms with Crippen molar-refractivity contribution in [3.05, 3.63) is 0 Å². The van der Waals surface area contributed by atoms with Crippen molar-refractivity contribution in [2.45, 2.75) is 54.0 Å². The lowest BCUT2D eigenvalue weighted by atomic mass is 10.3. The van der Waals surface area contributed by atoms with E-state index in [1.54, 1.807) is 0 Å². The first-order chi connectivity index (χ1) is 16.0. The topological polar surface area (TPSA) is 154 Å². The molecule has 1 aromatic rings. The predicted molar refractivity (Wildman–Crippen MR) is 125 cm³/mol. The third-order valence-electron chi connectivity index (χ3n) is 3.56. The standard InChI is InChI=1S/C18H30N6O6S3/c1-28-22-13(25)7-4-10-31-16-19-17(32-11-5-8-14(26)23-29-2)21-18(20-16)33-12-6-9-15(27)24-30-3/h4-12H2,1-3H3,(H,22,25)(H,23,26)(H,24,27). The molecule has 0 unspecified atom stereocenters. The lowest BCUT2D eigenvalue weighted by Gasteiger charge is -2.07. The van der Waals surface area contributed by atoms with Crippen LogP contribution in [0.25, 0.3) is 0 Å². The van der Waals surface area contributed by atoms with Crippen LogP contribution in [0, 0.1) is 0 Å². The Hall–Kier alpha value is -1.65. The van der Waals surface area contributed by atoms with Gasteiger partial charge in [0.2, 0.25) is 17.7 Å². The van der Waals surface area contributed by atoms with Crippen LogP contribution in [0.1, 0.15) is 38.5 Å². The highest BCUT2D eigenvalue weighted by Crippen LogP contribution is 2.24. The fraction of sp³-hybridized carbons (Fsp3) is 0.667. The van der Waals surface area contributed by atoms with Crippen molar-refractivity contribution >= 4 is 53.0 Å². The number of hydrogen-bond donors (Lipinski definition) is 3. The molecule has 0 saturated heterocycles. The van der Waals surface area contributed by atoms with Crippen LogP contribution in [0.5, 0.6) is 0 Å². The highest BCUT2D eigenvalue weighted by atomic mass is 32.2. The lowest BCUT2D eigenvalue weighted by Crippen LogP contribution is -2.21. The smallest absolute Gasteiger partial charge is 0.243 e. The number of aromatic nitrogens is 3. The average Bonchev–Trinajstić information content (AvgIpc) is 2.78. The fourth-order valence-corrected chi connectivity index (χ4v) is 4.69. The van der Waals surface area contributed by atoms with Gasteiger partial charge in [-0.1, -0.05) is 35.3 Å². The van der Waals surface area contributed by atoms with Crippen LogP contribution in [-0.4, -0.2) is 71.3 Å². The average molecular weight is 523 g/mol. The molecule has 15 heteroatoms. The van der Waals surface area contributed by atoms with Crippen molar-refractivity contribution in [3.8, 4) is 0 Å². The molecule has 0 atom stereocenters. The Balaban J connectivity index is 2.61. The second kappa shape index (κ2) is 18.7. The summed E-state index contributed by atoms with van der Waals surface area (Å²) in [6.07, 6.45) is 2.92. The second-order valence-electron chi connectivity index (χ2n) is 6.23. The second-order valence-corrected chi connectivity index (χ2v) is 9.41. The van der Waals surface area contributed by atoms with Crippen LogP contribution in [0.3, 0.4) is 0 Å². The van der Waals surface area contributed by atoms with Gasteiger partial charge in [0.15, 0.2) is 15.5 Å². The van der Waals surface area contributed by atoms with Crippen molar-refractivity contribution in [1.82, 2.24) is 31.4 Å². The molecule has 0 spiro atoms. The van der Waals surface area contributed by atoms with E-state index in [0.717, 1.165) is 0 Å². The number of amides is 3. The van der Waals surface area contributed by atoms with E-state index >= 15 is 0 Å². The summed E-state index contributed by atoms with van der Waals surface area (Å²) in [6, 6.07) is 0. The monoisotopic (exact) mass is 522 g/mol. The summed E-state index contributed by atoms with van der Waals surface area (Å²) in [5.41, 5.74) is 6.85. The van der Waals surface area contributed by atoms with Crippen molar-refractivity contribution in [3.63, 3.8) is 0 Å². The van der Waals surface area contributed by atoms with Crippen LogP contribution in [0.4, 0.5) is 0 Å². The molecule has 12 nitrogen and oxygen atoms in total. The first kappa shape index (κ1) is 29.4. The normalized spacial score (nSPS) is 10.6. The predicted octanol–water partition coefficient (Wildman–Crippen LogP) is 1.52. The lowest BCUT2D eigenvalue weighted by molar-refractivity contribution is -0.132. The minimum Gasteiger partial charge on any atom is -0.277 e. The SMILES string of the molecule is CONC(=O)CCCSc1nc(SCCCC(=O)NOC)nc(SCCCC(=O)NOC)n1. The van der Waals surface area contributed by atoms with E-state index in [1.807, 2.05) is 0 Å². The van der Waals surface area contributed by atoms with Gasteiger partial charge in [-0.3, -0.25) is 28.9 Å². The van der Waals surface area contributed by atoms with Gasteiger partial charge in [0.05, 0.1) is 21.3 Å². The highest BCUT2D eigenvalue weighted by molar-refractivity contribution is 8.00. The van der Waals surface area contributed by atoms with Crippen LogP contribution in [0.2, 0.25) is 0 Å². The van der Waals surface area contributed by atoms with E-state index in [9.17, 15) is 14.4 Å². The summed E-state index contributed by atoms with van der Waals surface area (Å²) < 4.78 is 0. The number of hydroxylamine groups is 3. The largest absolute Gasteiger partial charge is 0.277 e. The molecule has 1 rings (SSSR count). The Bertz CT molecular complexity index is 638. The summed E-state index contributed by atoms with van der Waals surface area (Å²) in [7, 11) is 4.18. The van der Waals surface area contributed by atoms with Gasteiger partial charge in [0, 0.05) is 36.5 Å². The van der Waals surface area contributed by atoms with Crippen molar-refractivity contribution in [2.75, 3.05) is 38.6 Å². The number of rotatable bonds is 18. The van der Waals surface area contributed by atoms with Gasteiger partial charge in [0.25, 0.3) is 0 Å². The van der Waals surface area contributed by atoms with Gasteiger partial charge < -0.3 is 0 Å². The van der Waals surface area contributed by atoms with Gasteiger partial charge in [0.1, 0.15) is 0 Å². The number of nitrogens with zero attached hydrogens (tertiary/aromatic N) is 3. The maximum atomic E-state index is 11.5. The molecule has 0 saturated carbocycles. The first-order valence-electron chi connectivity index (χ1n) is 10.1. The van der Waals surface area contributed by atoms with E-state index in [-0.39, 0.29) is 17.7 Å². The minimum atomic E-state index is -0.184. The molecule has 0 aliphatic heterocycles. The summed E-state index contributed by atoms with van der Waals surface area (Å²) in [4.78, 5) is 61.6. The Morgan fingerprint density at radius 2 is 0.879 bits per heavy atom. The van der Waals surface area contributed by atoms with Crippen molar-refractivity contribution in [1.29, 1.82) is 0 Å². The van der Waals surface area contributed by atoms with E-state index < -0.39 is 0 Å². The minimum absolute atomic E-state index is 0.184. The third-order valence-corrected chi connectivity index (χ3v) is 6.36. The summed E-state index contributed by atoms with van der Waals surface area (Å²) in [5, 5.41) is 1.70. The highest BCUT2D eigenvalue weighted by Gasteiger charge is 2.11. The molecule has 0 radical (unpaired) electrons. The van der Waals surface area contributed by atoms with E-state index in [0.29, 0.717) is 71.3 Å². The molecule has 0 aliphatic rings. The van der Waals surface area contributed by atoms with E-state index in [2.05, 4.69) is 45.9 Å². The zero-order valence-electron chi connectivity index (χ0n) is 18.9. The van der Waals surface area contributed by atoms with Crippen molar-refractivity contribution in [2.24, 2.45) is 0 Å². The van der Waals surface area contributed by atoms with Gasteiger partial charge in [-0.25, -0.2) is 16.4 Å². The quantitative estimate of drug-likeness (QED) is 0.145. The van der Waals surface area contributed by atoms with Crippen LogP contribution in [-0.2, 0) is 28.9 Å². The zero-order chi connectivity index (χ0) is 24.3. The number of nitrogens with one attached hydrogen (secondary N) is 3. The van der Waals surface area contributed by atoms with Crippen LogP contribution < -0.4 is 16.4 Å². The molecule has 3 amide bonds. The van der Waals surface area contributed by atoms with E-state index in [1.165, 1.54) is 56.6 Å². The summed E-state index contributed by atoms with van der Waals surface area (Å²) in [5.74, 6) is 1.42. The maximum absolute atomic E-state index is 11.5. The molecule has 0 bridgehead atoms. The first-order valence-corrected chi connectivity index (χ1v) is 13.0. The molecular formula is C18H30N6O6S3. The molecule has 33 heavy (non-hydrogen) atoms. The third kappa shape index (κ3) is 15.0. The Kier molecular flexibility index (Phi) is 16.7. The molecule has 0 aromatic carbocycles. The molecular weight excluding hydrogens is 492 g/mol. The van der Waals surface area contributed by atoms with Gasteiger partial charge in [-0.05, 0) is 19.3 Å². The molecule has 1 aromatic heterocycles.